The quantitative estimate of drug-likeness (QED) is 0.116. The molecule has 12 nitrogen and oxygen atoms in total. The van der Waals surface area contributed by atoms with Crippen LogP contribution in [0.2, 0.25) is 0 Å². The number of fused-ring (bicyclic) bond motifs is 2. The lowest BCUT2D eigenvalue weighted by Gasteiger charge is -2.28. The van der Waals surface area contributed by atoms with Crippen molar-refractivity contribution in [1.29, 1.82) is 0 Å². The van der Waals surface area contributed by atoms with E-state index in [1.807, 2.05) is 44.4 Å². The second kappa shape index (κ2) is 12.2. The van der Waals surface area contributed by atoms with Crippen LogP contribution in [-0.2, 0) is 29.7 Å². The van der Waals surface area contributed by atoms with Crippen LogP contribution < -0.4 is 21.0 Å². The Balaban J connectivity index is 1.22. The van der Waals surface area contributed by atoms with Gasteiger partial charge in [-0.05, 0) is 42.0 Å². The van der Waals surface area contributed by atoms with Crippen LogP contribution in [0.15, 0.2) is 48.7 Å². The average molecular weight is 586 g/mol. The van der Waals surface area contributed by atoms with E-state index in [4.69, 9.17) is 24.9 Å². The van der Waals surface area contributed by atoms with Gasteiger partial charge in [-0.2, -0.15) is 0 Å². The van der Waals surface area contributed by atoms with E-state index in [1.54, 1.807) is 29.1 Å². The van der Waals surface area contributed by atoms with Gasteiger partial charge in [0.1, 0.15) is 11.6 Å². The smallest absolute Gasteiger partial charge is 0.267 e. The van der Waals surface area contributed by atoms with Gasteiger partial charge in [0.25, 0.3) is 5.91 Å². The van der Waals surface area contributed by atoms with Crippen LogP contribution in [0.4, 0.5) is 11.6 Å². The summed E-state index contributed by atoms with van der Waals surface area (Å²) in [5.41, 5.74) is 6.02. The molecule has 1 fully saturated rings. The molecule has 13 heteroatoms. The largest absolute Gasteiger partial charge is 0.378 e. The van der Waals surface area contributed by atoms with Crippen LogP contribution in [-0.4, -0.2) is 69.0 Å². The standard InChI is InChI=1S/C29H31N9O3S/c1-30-24-7-5-19(15-32-24)28-34-22-14-20(42-27(22)29(35-28)38-9-11-41-12-10-38)16-31-17-25-33-21-13-18(4-8-26(39)36-40)3-6-23(21)37(25)2/h3-8,13-15,31,40H,9-12,16-17H2,1-2H3,(H,30,32)(H,36,39)/b8-4+. The molecule has 4 aromatic heterocycles. The summed E-state index contributed by atoms with van der Waals surface area (Å²) < 4.78 is 8.72. The van der Waals surface area contributed by atoms with Gasteiger partial charge in [-0.3, -0.25) is 10.0 Å². The number of imidazole rings is 1. The number of aryl methyl sites for hydroxylation is 1. The first kappa shape index (κ1) is 27.7. The zero-order valence-corrected chi connectivity index (χ0v) is 24.1. The second-order valence-corrected chi connectivity index (χ2v) is 11.0. The number of amides is 1. The Kier molecular flexibility index (Phi) is 8.06. The van der Waals surface area contributed by atoms with Gasteiger partial charge >= 0.3 is 0 Å². The Hall–Kier alpha value is -4.43. The maximum Gasteiger partial charge on any atom is 0.267 e. The number of nitrogens with one attached hydrogen (secondary N) is 3. The summed E-state index contributed by atoms with van der Waals surface area (Å²) in [4.78, 5) is 33.9. The summed E-state index contributed by atoms with van der Waals surface area (Å²) in [6.07, 6.45) is 4.70. The predicted octanol–water partition coefficient (Wildman–Crippen LogP) is 3.33. The number of anilines is 2. The van der Waals surface area contributed by atoms with Gasteiger partial charge in [0.2, 0.25) is 0 Å². The zero-order valence-electron chi connectivity index (χ0n) is 23.3. The van der Waals surface area contributed by atoms with Gasteiger partial charge in [-0.1, -0.05) is 6.07 Å². The third-order valence-electron chi connectivity index (χ3n) is 7.11. The first-order chi connectivity index (χ1) is 20.5. The Morgan fingerprint density at radius 3 is 2.71 bits per heavy atom. The zero-order chi connectivity index (χ0) is 29.1. The highest BCUT2D eigenvalue weighted by molar-refractivity contribution is 7.19. The summed E-state index contributed by atoms with van der Waals surface area (Å²) in [6, 6.07) is 11.8. The van der Waals surface area contributed by atoms with Gasteiger partial charge < -0.3 is 24.8 Å². The van der Waals surface area contributed by atoms with Gasteiger partial charge in [0.15, 0.2) is 11.6 Å². The molecule has 1 aliphatic heterocycles. The predicted molar refractivity (Wildman–Crippen MR) is 163 cm³/mol. The number of ether oxygens (including phenoxy) is 1. The van der Waals surface area contributed by atoms with Crippen LogP contribution in [0.25, 0.3) is 38.7 Å². The number of rotatable bonds is 9. The number of nitrogens with zero attached hydrogens (tertiary/aromatic N) is 6. The molecule has 5 aromatic rings. The Bertz CT molecular complexity index is 1760. The van der Waals surface area contributed by atoms with E-state index < -0.39 is 5.91 Å². The summed E-state index contributed by atoms with van der Waals surface area (Å²) in [5.74, 6) is 2.70. The molecule has 1 amide bonds. The molecule has 42 heavy (non-hydrogen) atoms. The molecule has 0 unspecified atom stereocenters. The van der Waals surface area contributed by atoms with E-state index in [1.165, 1.54) is 6.08 Å². The lowest BCUT2D eigenvalue weighted by molar-refractivity contribution is -0.124. The topological polar surface area (TPSA) is 142 Å². The molecule has 0 radical (unpaired) electrons. The second-order valence-electron chi connectivity index (χ2n) is 9.83. The van der Waals surface area contributed by atoms with Gasteiger partial charge in [-0.15, -0.1) is 11.3 Å². The number of hydrogen-bond donors (Lipinski definition) is 4. The van der Waals surface area contributed by atoms with E-state index in [2.05, 4.69) is 31.2 Å². The number of benzene rings is 1. The lowest BCUT2D eigenvalue weighted by Crippen LogP contribution is -2.36. The van der Waals surface area contributed by atoms with Crippen molar-refractivity contribution in [2.75, 3.05) is 43.6 Å². The van der Waals surface area contributed by atoms with Crippen molar-refractivity contribution in [3.8, 4) is 11.4 Å². The van der Waals surface area contributed by atoms with E-state index in [9.17, 15) is 4.79 Å². The minimum atomic E-state index is -0.582. The normalized spacial score (nSPS) is 13.8. The fourth-order valence-electron chi connectivity index (χ4n) is 4.88. The van der Waals surface area contributed by atoms with Crippen LogP contribution in [0.1, 0.15) is 16.3 Å². The number of morpholine rings is 1. The number of carbonyl (C=O) groups excluding carboxylic acids is 1. The number of hydroxylamine groups is 1. The van der Waals surface area contributed by atoms with E-state index >= 15 is 0 Å². The molecule has 0 spiro atoms. The molecule has 5 heterocycles. The van der Waals surface area contributed by atoms with Crippen LogP contribution in [0.5, 0.6) is 0 Å². The maximum atomic E-state index is 11.3. The maximum absolute atomic E-state index is 11.3. The number of hydrogen-bond acceptors (Lipinski definition) is 11. The van der Waals surface area contributed by atoms with Crippen molar-refractivity contribution < 1.29 is 14.7 Å². The van der Waals surface area contributed by atoms with E-state index in [0.29, 0.717) is 32.1 Å². The van der Waals surface area contributed by atoms with Gasteiger partial charge in [0, 0.05) is 56.4 Å². The SMILES string of the molecule is CNc1ccc(-c2nc(N3CCOCC3)c3sc(CNCc4nc5cc(/C=C/C(=O)NO)ccc5n4C)cc3n2)cn1. The van der Waals surface area contributed by atoms with Crippen molar-refractivity contribution in [3.05, 3.63) is 64.9 Å². The Morgan fingerprint density at radius 1 is 1.10 bits per heavy atom. The number of thiophene rings is 1. The van der Waals surface area contributed by atoms with E-state index in [0.717, 1.165) is 67.8 Å². The summed E-state index contributed by atoms with van der Waals surface area (Å²) in [5, 5.41) is 15.3. The van der Waals surface area contributed by atoms with Gasteiger partial charge in [0.05, 0.1) is 41.0 Å². The highest BCUT2D eigenvalue weighted by atomic mass is 32.1. The molecule has 0 atom stereocenters. The van der Waals surface area contributed by atoms with Crippen molar-refractivity contribution in [2.45, 2.75) is 13.1 Å². The molecule has 0 saturated carbocycles. The number of pyridine rings is 1. The molecule has 6 rings (SSSR count). The van der Waals surface area contributed by atoms with Crippen molar-refractivity contribution in [3.63, 3.8) is 0 Å². The lowest BCUT2D eigenvalue weighted by atomic mass is 10.2. The van der Waals surface area contributed by atoms with Gasteiger partial charge in [-0.25, -0.2) is 25.4 Å². The summed E-state index contributed by atoms with van der Waals surface area (Å²) >= 11 is 1.70. The average Bonchev–Trinajstić information content (AvgIpc) is 3.59. The number of carbonyl (C=O) groups is 1. The molecular formula is C29H31N9O3S. The fourth-order valence-corrected chi connectivity index (χ4v) is 5.96. The molecule has 216 valence electrons. The molecule has 1 aliphatic rings. The van der Waals surface area contributed by atoms with Crippen molar-refractivity contribution in [1.82, 2.24) is 35.3 Å². The van der Waals surface area contributed by atoms with Crippen LogP contribution in [0, 0.1) is 0 Å². The first-order valence-electron chi connectivity index (χ1n) is 13.6. The molecule has 1 aromatic carbocycles. The fraction of sp³-hybridized carbons (Fsp3) is 0.276. The highest BCUT2D eigenvalue weighted by Gasteiger charge is 2.20. The monoisotopic (exact) mass is 585 g/mol. The summed E-state index contributed by atoms with van der Waals surface area (Å²) in [7, 11) is 3.83. The minimum absolute atomic E-state index is 0.578. The van der Waals surface area contributed by atoms with E-state index in [-0.39, 0.29) is 0 Å². The molecule has 0 aliphatic carbocycles. The number of aromatic nitrogens is 5. The third kappa shape index (κ3) is 5.81. The molecular weight excluding hydrogens is 554 g/mol. The van der Waals surface area contributed by atoms with Crippen LogP contribution in [0.3, 0.4) is 0 Å². The molecule has 4 N–H and O–H groups in total. The molecule has 0 bridgehead atoms. The van der Waals surface area contributed by atoms with Crippen molar-refractivity contribution in [2.24, 2.45) is 7.05 Å². The van der Waals surface area contributed by atoms with Crippen LogP contribution >= 0.6 is 11.3 Å². The summed E-state index contributed by atoms with van der Waals surface area (Å²) in [6.45, 7) is 4.15. The molecule has 1 saturated heterocycles. The first-order valence-corrected chi connectivity index (χ1v) is 14.4. The Labute approximate surface area is 246 Å². The Morgan fingerprint density at radius 2 is 1.95 bits per heavy atom. The third-order valence-corrected chi connectivity index (χ3v) is 8.23. The minimum Gasteiger partial charge on any atom is -0.378 e. The highest BCUT2D eigenvalue weighted by Crippen LogP contribution is 2.34. The van der Waals surface area contributed by atoms with Crippen molar-refractivity contribution >= 4 is 56.2 Å².